The SMILES string of the molecule is CCCOc1ccc(-c2oc3nccc(NCC4CCC(C(C)CC)C4)c3c2-c2ccccc2)cc1. The zero-order valence-electron chi connectivity index (χ0n) is 21.8. The highest BCUT2D eigenvalue weighted by Gasteiger charge is 2.28. The Kier molecular flexibility index (Phi) is 7.60. The minimum absolute atomic E-state index is 0.670. The van der Waals surface area contributed by atoms with Gasteiger partial charge in [-0.2, -0.15) is 0 Å². The third kappa shape index (κ3) is 5.13. The molecule has 0 aliphatic heterocycles. The highest BCUT2D eigenvalue weighted by molar-refractivity contribution is 6.06. The quantitative estimate of drug-likeness (QED) is 0.245. The van der Waals surface area contributed by atoms with Gasteiger partial charge in [0.15, 0.2) is 0 Å². The van der Waals surface area contributed by atoms with Crippen LogP contribution >= 0.6 is 0 Å². The van der Waals surface area contributed by atoms with Crippen LogP contribution in [0.2, 0.25) is 0 Å². The Labute approximate surface area is 215 Å². The lowest BCUT2D eigenvalue weighted by Gasteiger charge is -2.18. The molecule has 0 bridgehead atoms. The normalized spacial score (nSPS) is 18.4. The summed E-state index contributed by atoms with van der Waals surface area (Å²) in [6.45, 7) is 8.55. The summed E-state index contributed by atoms with van der Waals surface area (Å²) >= 11 is 0. The maximum Gasteiger partial charge on any atom is 0.229 e. The number of nitrogens with one attached hydrogen (secondary N) is 1. The number of rotatable bonds is 10. The molecule has 4 aromatic rings. The monoisotopic (exact) mass is 482 g/mol. The van der Waals surface area contributed by atoms with Gasteiger partial charge >= 0.3 is 0 Å². The van der Waals surface area contributed by atoms with E-state index in [-0.39, 0.29) is 0 Å². The molecule has 1 aliphatic rings. The number of hydrogen-bond acceptors (Lipinski definition) is 4. The average Bonchev–Trinajstić information content (AvgIpc) is 3.56. The number of fused-ring (bicyclic) bond motifs is 1. The van der Waals surface area contributed by atoms with Crippen molar-refractivity contribution in [2.24, 2.45) is 17.8 Å². The molecule has 4 nitrogen and oxygen atoms in total. The highest BCUT2D eigenvalue weighted by Crippen LogP contribution is 2.44. The Hall–Kier alpha value is -3.27. The number of furan rings is 1. The molecule has 0 amide bonds. The molecule has 1 saturated carbocycles. The number of pyridine rings is 1. The lowest BCUT2D eigenvalue weighted by atomic mass is 9.90. The molecular formula is C32H38N2O2. The Bertz CT molecular complexity index is 1260. The van der Waals surface area contributed by atoms with E-state index in [0.29, 0.717) is 5.71 Å². The molecule has 2 aromatic carbocycles. The summed E-state index contributed by atoms with van der Waals surface area (Å²) in [5.41, 5.74) is 5.01. The number of aromatic nitrogens is 1. The molecule has 36 heavy (non-hydrogen) atoms. The van der Waals surface area contributed by atoms with Crippen molar-refractivity contribution in [1.82, 2.24) is 4.98 Å². The Morgan fingerprint density at radius 1 is 1.00 bits per heavy atom. The van der Waals surface area contributed by atoms with E-state index in [1.165, 1.54) is 25.7 Å². The lowest BCUT2D eigenvalue weighted by molar-refractivity contribution is 0.317. The first-order valence-corrected chi connectivity index (χ1v) is 13.6. The van der Waals surface area contributed by atoms with E-state index in [1.807, 2.05) is 18.3 Å². The molecule has 188 valence electrons. The van der Waals surface area contributed by atoms with Crippen molar-refractivity contribution in [2.75, 3.05) is 18.5 Å². The van der Waals surface area contributed by atoms with Crippen molar-refractivity contribution in [1.29, 1.82) is 0 Å². The fraction of sp³-hybridized carbons (Fsp3) is 0.406. The molecule has 4 heteroatoms. The summed E-state index contributed by atoms with van der Waals surface area (Å²) in [7, 11) is 0. The predicted molar refractivity (Wildman–Crippen MR) is 149 cm³/mol. The smallest absolute Gasteiger partial charge is 0.229 e. The van der Waals surface area contributed by atoms with Gasteiger partial charge in [0.25, 0.3) is 0 Å². The summed E-state index contributed by atoms with van der Waals surface area (Å²) in [6, 6.07) is 20.8. The third-order valence-electron chi connectivity index (χ3n) is 7.86. The van der Waals surface area contributed by atoms with Gasteiger partial charge in [0.2, 0.25) is 5.71 Å². The van der Waals surface area contributed by atoms with E-state index in [9.17, 15) is 0 Å². The van der Waals surface area contributed by atoms with Crippen LogP contribution in [0.3, 0.4) is 0 Å². The van der Waals surface area contributed by atoms with Gasteiger partial charge in [-0.25, -0.2) is 4.98 Å². The molecule has 1 N–H and O–H groups in total. The van der Waals surface area contributed by atoms with Crippen LogP contribution in [0.5, 0.6) is 5.75 Å². The first kappa shape index (κ1) is 24.4. The van der Waals surface area contributed by atoms with E-state index in [0.717, 1.165) is 76.6 Å². The van der Waals surface area contributed by atoms with Gasteiger partial charge in [0.1, 0.15) is 11.5 Å². The van der Waals surface area contributed by atoms with Crippen LogP contribution in [0.1, 0.15) is 52.9 Å². The van der Waals surface area contributed by atoms with Crippen LogP contribution in [0.15, 0.2) is 71.3 Å². The van der Waals surface area contributed by atoms with Gasteiger partial charge in [0.05, 0.1) is 12.0 Å². The first-order valence-electron chi connectivity index (χ1n) is 13.6. The average molecular weight is 483 g/mol. The van der Waals surface area contributed by atoms with Crippen molar-refractivity contribution in [3.8, 4) is 28.2 Å². The fourth-order valence-electron chi connectivity index (χ4n) is 5.58. The molecule has 0 radical (unpaired) electrons. The maximum atomic E-state index is 6.44. The van der Waals surface area contributed by atoms with Gasteiger partial charge in [0, 0.05) is 29.6 Å². The molecule has 1 aliphatic carbocycles. The van der Waals surface area contributed by atoms with E-state index >= 15 is 0 Å². The van der Waals surface area contributed by atoms with Crippen molar-refractivity contribution in [3.05, 3.63) is 66.9 Å². The first-order chi connectivity index (χ1) is 17.7. The highest BCUT2D eigenvalue weighted by atomic mass is 16.5. The molecule has 0 saturated heterocycles. The number of nitrogens with zero attached hydrogens (tertiary/aromatic N) is 1. The zero-order chi connectivity index (χ0) is 24.9. The number of ether oxygens (including phenoxy) is 1. The maximum absolute atomic E-state index is 6.44. The van der Waals surface area contributed by atoms with Crippen LogP contribution in [0.4, 0.5) is 5.69 Å². The van der Waals surface area contributed by atoms with Crippen molar-refractivity contribution in [3.63, 3.8) is 0 Å². The van der Waals surface area contributed by atoms with Crippen LogP contribution in [-0.2, 0) is 0 Å². The summed E-state index contributed by atoms with van der Waals surface area (Å²) < 4.78 is 12.2. The summed E-state index contributed by atoms with van der Waals surface area (Å²) in [5, 5.41) is 4.85. The van der Waals surface area contributed by atoms with Crippen molar-refractivity contribution < 1.29 is 9.15 Å². The standard InChI is InChI=1S/C32H38N2O2/c1-4-19-35-27-15-13-25(14-16-27)31-29(24-9-7-6-8-10-24)30-28(17-18-33-32(30)36-31)34-21-23-11-12-26(20-23)22(3)5-2/h6-10,13-18,22-23,26H,4-5,11-12,19-21H2,1-3H3,(H,33,34). The van der Waals surface area contributed by atoms with Crippen LogP contribution in [0, 0.1) is 17.8 Å². The fourth-order valence-corrected chi connectivity index (χ4v) is 5.58. The Morgan fingerprint density at radius 2 is 1.81 bits per heavy atom. The zero-order valence-corrected chi connectivity index (χ0v) is 21.8. The van der Waals surface area contributed by atoms with Gasteiger partial charge in [-0.05, 0) is 79.3 Å². The molecule has 2 heterocycles. The summed E-state index contributed by atoms with van der Waals surface area (Å²) in [4.78, 5) is 4.63. The van der Waals surface area contributed by atoms with Crippen LogP contribution < -0.4 is 10.1 Å². The van der Waals surface area contributed by atoms with Gasteiger partial charge in [-0.15, -0.1) is 0 Å². The minimum atomic E-state index is 0.670. The van der Waals surface area contributed by atoms with Crippen LogP contribution in [-0.4, -0.2) is 18.1 Å². The number of anilines is 1. The van der Waals surface area contributed by atoms with Gasteiger partial charge in [-0.1, -0.05) is 57.5 Å². The molecule has 5 rings (SSSR count). The molecule has 3 unspecified atom stereocenters. The third-order valence-corrected chi connectivity index (χ3v) is 7.86. The Balaban J connectivity index is 1.49. The predicted octanol–water partition coefficient (Wildman–Crippen LogP) is 8.82. The van der Waals surface area contributed by atoms with Crippen molar-refractivity contribution >= 4 is 16.8 Å². The van der Waals surface area contributed by atoms with E-state index in [1.54, 1.807) is 0 Å². The molecule has 0 spiro atoms. The second kappa shape index (κ2) is 11.2. The van der Waals surface area contributed by atoms with E-state index < -0.39 is 0 Å². The Morgan fingerprint density at radius 3 is 2.56 bits per heavy atom. The molecule has 2 aromatic heterocycles. The molecule has 1 fully saturated rings. The summed E-state index contributed by atoms with van der Waals surface area (Å²) in [5.74, 6) is 4.13. The lowest BCUT2D eigenvalue weighted by Crippen LogP contribution is -2.13. The van der Waals surface area contributed by atoms with Crippen molar-refractivity contribution in [2.45, 2.75) is 52.9 Å². The molecular weight excluding hydrogens is 444 g/mol. The van der Waals surface area contributed by atoms with Crippen LogP contribution in [0.25, 0.3) is 33.6 Å². The van der Waals surface area contributed by atoms with Gasteiger partial charge in [-0.3, -0.25) is 0 Å². The largest absolute Gasteiger partial charge is 0.494 e. The van der Waals surface area contributed by atoms with Gasteiger partial charge < -0.3 is 14.5 Å². The second-order valence-corrected chi connectivity index (χ2v) is 10.3. The topological polar surface area (TPSA) is 47.3 Å². The minimum Gasteiger partial charge on any atom is -0.494 e. The van der Waals surface area contributed by atoms with E-state index in [4.69, 9.17) is 9.15 Å². The number of hydrogen-bond donors (Lipinski definition) is 1. The summed E-state index contributed by atoms with van der Waals surface area (Å²) in [6.07, 6.45) is 8.11. The second-order valence-electron chi connectivity index (χ2n) is 10.3. The number of benzene rings is 2. The molecule has 3 atom stereocenters. The van der Waals surface area contributed by atoms with E-state index in [2.05, 4.69) is 79.6 Å².